The maximum Gasteiger partial charge on any atom is 0.190 e. The molecule has 1 heterocycles. The molecule has 0 saturated carbocycles. The van der Waals surface area contributed by atoms with E-state index in [0.29, 0.717) is 0 Å². The molecule has 138 valence electrons. The lowest BCUT2D eigenvalue weighted by molar-refractivity contribution is 0.409. The molecule has 0 bridgehead atoms. The maximum atomic E-state index is 5.37. The third-order valence-corrected chi connectivity index (χ3v) is 4.66. The molecule has 0 aliphatic carbocycles. The third-order valence-electron chi connectivity index (χ3n) is 3.63. The van der Waals surface area contributed by atoms with Crippen LogP contribution in [0.25, 0.3) is 0 Å². The van der Waals surface area contributed by atoms with Crippen LogP contribution in [-0.4, -0.2) is 38.2 Å². The van der Waals surface area contributed by atoms with Gasteiger partial charge in [-0.3, -0.25) is 4.99 Å². The second-order valence-corrected chi connectivity index (χ2v) is 6.42. The van der Waals surface area contributed by atoms with Crippen LogP contribution in [0.4, 0.5) is 0 Å². The predicted molar refractivity (Wildman–Crippen MR) is 117 cm³/mol. The predicted octanol–water partition coefficient (Wildman–Crippen LogP) is 3.42. The zero-order valence-corrected chi connectivity index (χ0v) is 18.2. The molecule has 0 amide bonds. The van der Waals surface area contributed by atoms with Crippen molar-refractivity contribution in [3.05, 3.63) is 45.9 Å². The summed E-state index contributed by atoms with van der Waals surface area (Å²) in [4.78, 5) is 8.74. The minimum atomic E-state index is 0. The number of benzene rings is 1. The van der Waals surface area contributed by atoms with Gasteiger partial charge in [-0.05, 0) is 31.4 Å². The molecule has 0 aliphatic rings. The highest BCUT2D eigenvalue weighted by molar-refractivity contribution is 14.0. The minimum Gasteiger partial charge on any atom is -0.496 e. The number of ether oxygens (including phenoxy) is 1. The number of para-hydroxylation sites is 1. The molecule has 0 saturated heterocycles. The average Bonchev–Trinajstić information content (AvgIpc) is 3.02. The summed E-state index contributed by atoms with van der Waals surface area (Å²) in [6.45, 7) is 3.73. The smallest absolute Gasteiger partial charge is 0.190 e. The van der Waals surface area contributed by atoms with Gasteiger partial charge >= 0.3 is 0 Å². The zero-order valence-electron chi connectivity index (χ0n) is 15.0. The van der Waals surface area contributed by atoms with Crippen molar-refractivity contribution in [2.75, 3.05) is 27.2 Å². The second-order valence-electron chi connectivity index (χ2n) is 5.47. The fraction of sp³-hybridized carbons (Fsp3) is 0.444. The van der Waals surface area contributed by atoms with E-state index in [1.54, 1.807) is 25.5 Å². The van der Waals surface area contributed by atoms with Crippen LogP contribution >= 0.6 is 35.3 Å². The highest BCUT2D eigenvalue weighted by Crippen LogP contribution is 2.17. The van der Waals surface area contributed by atoms with Crippen molar-refractivity contribution in [2.24, 2.45) is 4.99 Å². The molecule has 2 N–H and O–H groups in total. The standard InChI is InChI=1S/C18H26N4OS.HI/c1-14-13-24-17(22-14)9-6-11-20-18(19-2)21-12-10-15-7-4-5-8-16(15)23-3;/h4-5,7-8,13H,6,9-12H2,1-3H3,(H2,19,20,21);1H. The number of hydrogen-bond acceptors (Lipinski definition) is 4. The van der Waals surface area contributed by atoms with Crippen LogP contribution in [-0.2, 0) is 12.8 Å². The Balaban J connectivity index is 0.00000312. The number of aryl methyl sites for hydroxylation is 2. The van der Waals surface area contributed by atoms with Crippen LogP contribution < -0.4 is 15.4 Å². The first-order chi connectivity index (χ1) is 11.7. The molecule has 2 aromatic rings. The van der Waals surface area contributed by atoms with E-state index in [1.165, 1.54) is 10.6 Å². The summed E-state index contributed by atoms with van der Waals surface area (Å²) in [7, 11) is 3.50. The Labute approximate surface area is 171 Å². The summed E-state index contributed by atoms with van der Waals surface area (Å²) in [6.07, 6.45) is 2.94. The Morgan fingerprint density at radius 1 is 1.20 bits per heavy atom. The van der Waals surface area contributed by atoms with Crippen LogP contribution in [0.15, 0.2) is 34.6 Å². The van der Waals surface area contributed by atoms with E-state index in [0.717, 1.165) is 49.8 Å². The van der Waals surface area contributed by atoms with Crippen molar-refractivity contribution in [3.63, 3.8) is 0 Å². The first kappa shape index (κ1) is 21.7. The monoisotopic (exact) mass is 474 g/mol. The van der Waals surface area contributed by atoms with Crippen LogP contribution in [0.3, 0.4) is 0 Å². The van der Waals surface area contributed by atoms with Gasteiger partial charge in [-0.25, -0.2) is 4.98 Å². The van der Waals surface area contributed by atoms with Gasteiger partial charge in [-0.2, -0.15) is 0 Å². The molecule has 0 atom stereocenters. The summed E-state index contributed by atoms with van der Waals surface area (Å²) in [5.74, 6) is 1.77. The van der Waals surface area contributed by atoms with E-state index in [-0.39, 0.29) is 24.0 Å². The zero-order chi connectivity index (χ0) is 17.2. The number of nitrogens with one attached hydrogen (secondary N) is 2. The molecular formula is C18H27IN4OS. The van der Waals surface area contributed by atoms with E-state index in [1.807, 2.05) is 25.1 Å². The molecule has 0 unspecified atom stereocenters. The van der Waals surface area contributed by atoms with Gasteiger partial charge in [0.1, 0.15) is 5.75 Å². The molecular weight excluding hydrogens is 447 g/mol. The van der Waals surface area contributed by atoms with E-state index in [9.17, 15) is 0 Å². The molecule has 1 aromatic heterocycles. The van der Waals surface area contributed by atoms with E-state index >= 15 is 0 Å². The SMILES string of the molecule is CN=C(NCCCc1nc(C)cs1)NCCc1ccccc1OC.I. The van der Waals surface area contributed by atoms with Gasteiger partial charge in [-0.15, -0.1) is 35.3 Å². The van der Waals surface area contributed by atoms with Crippen molar-refractivity contribution in [2.45, 2.75) is 26.2 Å². The molecule has 5 nitrogen and oxygen atoms in total. The van der Waals surface area contributed by atoms with E-state index < -0.39 is 0 Å². The number of thiazole rings is 1. The number of aliphatic imine (C=N–C) groups is 1. The normalized spacial score (nSPS) is 10.9. The number of aromatic nitrogens is 1. The highest BCUT2D eigenvalue weighted by Gasteiger charge is 2.03. The molecule has 0 spiro atoms. The largest absolute Gasteiger partial charge is 0.496 e. The fourth-order valence-corrected chi connectivity index (χ4v) is 3.23. The first-order valence-corrected chi connectivity index (χ1v) is 9.08. The molecule has 25 heavy (non-hydrogen) atoms. The van der Waals surface area contributed by atoms with Gasteiger partial charge in [0.2, 0.25) is 0 Å². The lowest BCUT2D eigenvalue weighted by Gasteiger charge is -2.12. The Hall–Kier alpha value is -1.35. The summed E-state index contributed by atoms with van der Waals surface area (Å²) < 4.78 is 5.37. The van der Waals surface area contributed by atoms with Crippen molar-refractivity contribution in [3.8, 4) is 5.75 Å². The summed E-state index contributed by atoms with van der Waals surface area (Å²) in [5.41, 5.74) is 2.30. The van der Waals surface area contributed by atoms with Crippen molar-refractivity contribution in [1.29, 1.82) is 0 Å². The lowest BCUT2D eigenvalue weighted by atomic mass is 10.1. The lowest BCUT2D eigenvalue weighted by Crippen LogP contribution is -2.38. The van der Waals surface area contributed by atoms with Crippen molar-refractivity contribution in [1.82, 2.24) is 15.6 Å². The number of guanidine groups is 1. The summed E-state index contributed by atoms with van der Waals surface area (Å²) >= 11 is 1.73. The summed E-state index contributed by atoms with van der Waals surface area (Å²) in [5, 5.41) is 9.99. The van der Waals surface area contributed by atoms with Crippen LogP contribution in [0.5, 0.6) is 5.75 Å². The van der Waals surface area contributed by atoms with Gasteiger partial charge in [0.15, 0.2) is 5.96 Å². The molecule has 7 heteroatoms. The Bertz CT molecular complexity index is 660. The maximum absolute atomic E-state index is 5.37. The number of methoxy groups -OCH3 is 1. The Morgan fingerprint density at radius 3 is 2.64 bits per heavy atom. The third kappa shape index (κ3) is 7.60. The number of rotatable bonds is 8. The van der Waals surface area contributed by atoms with Crippen LogP contribution in [0.2, 0.25) is 0 Å². The quantitative estimate of drug-likeness (QED) is 0.267. The van der Waals surface area contributed by atoms with E-state index in [2.05, 4.69) is 32.1 Å². The first-order valence-electron chi connectivity index (χ1n) is 8.20. The van der Waals surface area contributed by atoms with Gasteiger partial charge in [0.25, 0.3) is 0 Å². The Morgan fingerprint density at radius 2 is 1.96 bits per heavy atom. The average molecular weight is 474 g/mol. The van der Waals surface area contributed by atoms with E-state index in [4.69, 9.17) is 4.74 Å². The topological polar surface area (TPSA) is 58.5 Å². The second kappa shape index (κ2) is 12.1. The number of halogens is 1. The number of nitrogens with zero attached hydrogens (tertiary/aromatic N) is 2. The fourth-order valence-electron chi connectivity index (χ4n) is 2.41. The molecule has 0 aliphatic heterocycles. The van der Waals surface area contributed by atoms with Gasteiger partial charge in [0.05, 0.1) is 12.1 Å². The van der Waals surface area contributed by atoms with Gasteiger partial charge in [0, 0.05) is 37.6 Å². The molecule has 0 radical (unpaired) electrons. The molecule has 0 fully saturated rings. The summed E-state index contributed by atoms with van der Waals surface area (Å²) in [6, 6.07) is 8.10. The van der Waals surface area contributed by atoms with Crippen molar-refractivity contribution >= 4 is 41.3 Å². The molecule has 1 aromatic carbocycles. The highest BCUT2D eigenvalue weighted by atomic mass is 127. The van der Waals surface area contributed by atoms with Crippen LogP contribution in [0.1, 0.15) is 22.7 Å². The minimum absolute atomic E-state index is 0. The van der Waals surface area contributed by atoms with Crippen molar-refractivity contribution < 1.29 is 4.74 Å². The van der Waals surface area contributed by atoms with Gasteiger partial charge < -0.3 is 15.4 Å². The van der Waals surface area contributed by atoms with Crippen LogP contribution in [0, 0.1) is 6.92 Å². The Kier molecular flexibility index (Phi) is 10.5. The number of hydrogen-bond donors (Lipinski definition) is 2. The van der Waals surface area contributed by atoms with Gasteiger partial charge in [-0.1, -0.05) is 18.2 Å². The molecule has 2 rings (SSSR count).